The summed E-state index contributed by atoms with van der Waals surface area (Å²) in [5.74, 6) is 0. The monoisotopic (exact) mass is 1090 g/mol. The largest absolute Gasteiger partial charge is 0.210 e. The van der Waals surface area contributed by atoms with Crippen LogP contribution in [0.2, 0.25) is 0 Å². The van der Waals surface area contributed by atoms with Gasteiger partial charge in [0.15, 0.2) is 138 Å². The summed E-state index contributed by atoms with van der Waals surface area (Å²) in [6.07, 6.45) is 34.6. The lowest BCUT2D eigenvalue weighted by Gasteiger charge is -2.04. The standard InChI is InChI=1S/C76H66N8/c1-3-7-75(8-4-1)83-51-35-73(36-52-83)71-31-47-81(48-32-71)59-65-19-15-63(16-20-65)57-79-43-27-69(28-44-79)67-23-39-77(40-24-67)55-61-11-13-62(14-12-61)56-78-41-25-68(26-42-78)70-29-45-80(46-30-70)58-64-17-21-66(22-18-64)60-82-49-33-72(34-50-82)74-37-53-84(54-38-74)76-9-5-2-6-10-76/h1-54H,55-60H2/q+8. The molecule has 84 heavy (non-hydrogen) atoms. The zero-order valence-corrected chi connectivity index (χ0v) is 47.0. The van der Waals surface area contributed by atoms with Gasteiger partial charge in [-0.2, -0.15) is 9.13 Å². The van der Waals surface area contributed by atoms with Crippen molar-refractivity contribution >= 4 is 0 Å². The molecule has 13 rings (SSSR count). The second-order valence-electron chi connectivity index (χ2n) is 21.7. The molecule has 0 N–H and O–H groups in total. The molecule has 0 fully saturated rings. The SMILES string of the molecule is c1ccc(-[n+]2ccc(-c3cc[n+](Cc4ccc(C[n+]5ccc(-c6cc[n+](Cc7ccc(C[n+]8ccc(-c9cc[n+](Cc%10ccc(C[n+]%11ccc(-c%12cc[n+](-c%13ccccc%13)cc%12)cc%11)cc%10)cc9)cc8)cc7)cc6)cc5)cc4)cc3)cc2)cc1. The van der Waals surface area contributed by atoms with Crippen molar-refractivity contribution in [1.29, 1.82) is 0 Å². The van der Waals surface area contributed by atoms with Crippen molar-refractivity contribution in [2.75, 3.05) is 0 Å². The molecule has 0 bridgehead atoms. The van der Waals surface area contributed by atoms with Crippen LogP contribution < -0.4 is 36.5 Å². The van der Waals surface area contributed by atoms with E-state index in [1.807, 2.05) is 12.1 Å². The van der Waals surface area contributed by atoms with Gasteiger partial charge in [-0.05, 0) is 44.5 Å². The van der Waals surface area contributed by atoms with E-state index in [1.54, 1.807) is 0 Å². The Morgan fingerprint density at radius 1 is 0.155 bits per heavy atom. The molecule has 0 aliphatic heterocycles. The van der Waals surface area contributed by atoms with Gasteiger partial charge in [0.25, 0.3) is 0 Å². The summed E-state index contributed by atoms with van der Waals surface area (Å²) >= 11 is 0. The minimum Gasteiger partial charge on any atom is -0.201 e. The van der Waals surface area contributed by atoms with Gasteiger partial charge in [-0.3, -0.25) is 0 Å². The van der Waals surface area contributed by atoms with Crippen LogP contribution in [0, 0.1) is 0 Å². The fourth-order valence-electron chi connectivity index (χ4n) is 10.8. The van der Waals surface area contributed by atoms with E-state index in [4.69, 9.17) is 0 Å². The maximum atomic E-state index is 2.25. The minimum atomic E-state index is 0.816. The summed E-state index contributed by atoms with van der Waals surface area (Å²) in [6, 6.07) is 82.9. The molecule has 0 aliphatic carbocycles. The molecule has 8 heteroatoms. The summed E-state index contributed by atoms with van der Waals surface area (Å²) in [5.41, 5.74) is 19.6. The van der Waals surface area contributed by atoms with E-state index in [9.17, 15) is 0 Å². The van der Waals surface area contributed by atoms with Crippen LogP contribution in [0.15, 0.2) is 330 Å². The molecule has 8 aromatic heterocycles. The molecule has 402 valence electrons. The first-order chi connectivity index (χ1) is 41.5. The molecule has 13 aromatic rings. The van der Waals surface area contributed by atoms with Crippen molar-refractivity contribution in [3.8, 4) is 55.9 Å². The Labute approximate surface area is 492 Å². The normalized spacial score (nSPS) is 11.1. The highest BCUT2D eigenvalue weighted by Crippen LogP contribution is 2.21. The first kappa shape index (κ1) is 52.7. The van der Waals surface area contributed by atoms with E-state index >= 15 is 0 Å². The van der Waals surface area contributed by atoms with E-state index in [1.165, 1.54) is 77.9 Å². The molecular formula is C76H66N8+8. The lowest BCUT2D eigenvalue weighted by Crippen LogP contribution is -2.34. The Balaban J connectivity index is 0.538. The number of benzene rings is 5. The number of nitrogens with zero attached hydrogens (tertiary/aromatic N) is 8. The molecule has 0 amide bonds. The summed E-state index contributed by atoms with van der Waals surface area (Å²) in [5, 5.41) is 0. The second-order valence-corrected chi connectivity index (χ2v) is 21.7. The molecule has 0 unspecified atom stereocenters. The number of hydrogen-bond acceptors (Lipinski definition) is 0. The summed E-state index contributed by atoms with van der Waals surface area (Å²) in [7, 11) is 0. The van der Waals surface area contributed by atoms with Crippen molar-refractivity contribution in [1.82, 2.24) is 0 Å². The van der Waals surface area contributed by atoms with Gasteiger partial charge in [-0.1, -0.05) is 109 Å². The molecule has 8 nitrogen and oxygen atoms in total. The van der Waals surface area contributed by atoms with Gasteiger partial charge in [-0.25, -0.2) is 27.4 Å². The Bertz CT molecular complexity index is 3940. The highest BCUT2D eigenvalue weighted by Gasteiger charge is 2.15. The van der Waals surface area contributed by atoms with Crippen LogP contribution in [0.5, 0.6) is 0 Å². The van der Waals surface area contributed by atoms with Gasteiger partial charge in [0, 0.05) is 155 Å². The van der Waals surface area contributed by atoms with E-state index < -0.39 is 0 Å². The predicted molar refractivity (Wildman–Crippen MR) is 326 cm³/mol. The lowest BCUT2D eigenvalue weighted by atomic mass is 10.1. The van der Waals surface area contributed by atoms with Gasteiger partial charge in [0.1, 0.15) is 0 Å². The maximum absolute atomic E-state index is 2.25. The van der Waals surface area contributed by atoms with Gasteiger partial charge < -0.3 is 0 Å². The Kier molecular flexibility index (Phi) is 15.7. The van der Waals surface area contributed by atoms with Crippen LogP contribution in [-0.4, -0.2) is 0 Å². The van der Waals surface area contributed by atoms with E-state index in [2.05, 4.69) is 354 Å². The van der Waals surface area contributed by atoms with Crippen molar-refractivity contribution in [3.63, 3.8) is 0 Å². The molecule has 8 heterocycles. The van der Waals surface area contributed by atoms with Crippen LogP contribution in [0.1, 0.15) is 33.4 Å². The average Bonchev–Trinajstić information content (AvgIpc) is 3.68. The van der Waals surface area contributed by atoms with Crippen LogP contribution in [0.3, 0.4) is 0 Å². The quantitative estimate of drug-likeness (QED) is 0.0767. The zero-order valence-electron chi connectivity index (χ0n) is 47.0. The molecule has 0 aliphatic rings. The second kappa shape index (κ2) is 25.0. The number of para-hydroxylation sites is 2. The van der Waals surface area contributed by atoms with Crippen LogP contribution >= 0.6 is 0 Å². The maximum Gasteiger partial charge on any atom is 0.210 e. The fourth-order valence-corrected chi connectivity index (χ4v) is 10.8. The molecule has 0 atom stereocenters. The molecule has 0 saturated heterocycles. The first-order valence-electron chi connectivity index (χ1n) is 28.8. The van der Waals surface area contributed by atoms with Gasteiger partial charge >= 0.3 is 0 Å². The third-order valence-corrected chi connectivity index (χ3v) is 15.7. The van der Waals surface area contributed by atoms with Crippen molar-refractivity contribution in [2.45, 2.75) is 39.3 Å². The van der Waals surface area contributed by atoms with Crippen molar-refractivity contribution in [2.24, 2.45) is 0 Å². The zero-order chi connectivity index (χ0) is 56.3. The van der Waals surface area contributed by atoms with E-state index in [-0.39, 0.29) is 0 Å². The molecule has 0 saturated carbocycles. The van der Waals surface area contributed by atoms with Gasteiger partial charge in [0.05, 0.1) is 0 Å². The van der Waals surface area contributed by atoms with Crippen molar-refractivity contribution < 1.29 is 36.5 Å². The number of aromatic nitrogens is 8. The highest BCUT2D eigenvalue weighted by atomic mass is 15.0. The van der Waals surface area contributed by atoms with Crippen LogP contribution in [0.4, 0.5) is 0 Å². The lowest BCUT2D eigenvalue weighted by molar-refractivity contribution is -0.689. The topological polar surface area (TPSA) is 31.0 Å². The first-order valence-corrected chi connectivity index (χ1v) is 28.8. The smallest absolute Gasteiger partial charge is 0.201 e. The molecule has 5 aromatic carbocycles. The molecule has 0 spiro atoms. The Hall–Kier alpha value is -10.7. The van der Waals surface area contributed by atoms with E-state index in [0.717, 1.165) is 50.6 Å². The average molecular weight is 1090 g/mol. The third-order valence-electron chi connectivity index (χ3n) is 15.7. The predicted octanol–water partition coefficient (Wildman–Crippen LogP) is 10.9. The summed E-state index contributed by atoms with van der Waals surface area (Å²) < 4.78 is 17.7. The van der Waals surface area contributed by atoms with Crippen molar-refractivity contribution in [3.05, 3.63) is 363 Å². The van der Waals surface area contributed by atoms with Crippen LogP contribution in [0.25, 0.3) is 55.9 Å². The number of pyridine rings is 8. The summed E-state index contributed by atoms with van der Waals surface area (Å²) in [4.78, 5) is 0. The fraction of sp³-hybridized carbons (Fsp3) is 0.0789. The third kappa shape index (κ3) is 13.2. The number of rotatable bonds is 18. The minimum absolute atomic E-state index is 0.816. The van der Waals surface area contributed by atoms with Gasteiger partial charge in [-0.15, -0.1) is 0 Å². The Morgan fingerprint density at radius 2 is 0.310 bits per heavy atom. The molecular weight excluding hydrogens is 1020 g/mol. The number of hydrogen-bond donors (Lipinski definition) is 0. The Morgan fingerprint density at radius 3 is 0.476 bits per heavy atom. The van der Waals surface area contributed by atoms with Crippen LogP contribution in [-0.2, 0) is 39.3 Å². The van der Waals surface area contributed by atoms with E-state index in [0.29, 0.717) is 0 Å². The summed E-state index contributed by atoms with van der Waals surface area (Å²) in [6.45, 7) is 4.92. The van der Waals surface area contributed by atoms with Gasteiger partial charge in [0.2, 0.25) is 11.4 Å². The highest BCUT2D eigenvalue weighted by molar-refractivity contribution is 5.63. The molecule has 0 radical (unpaired) electrons.